The molecule has 0 amide bonds. The van der Waals surface area contributed by atoms with Gasteiger partial charge in [-0.2, -0.15) is 5.26 Å². The molecule has 2 rings (SSSR count). The number of nitrogens with zero attached hydrogens (tertiary/aromatic N) is 1. The van der Waals surface area contributed by atoms with Crippen molar-refractivity contribution in [1.29, 1.82) is 5.26 Å². The third-order valence-corrected chi connectivity index (χ3v) is 3.75. The average molecular weight is 321 g/mol. The van der Waals surface area contributed by atoms with Crippen LogP contribution < -0.4 is 5.32 Å². The van der Waals surface area contributed by atoms with E-state index in [0.717, 1.165) is 11.3 Å². The summed E-state index contributed by atoms with van der Waals surface area (Å²) in [6.07, 6.45) is -0.790. The van der Waals surface area contributed by atoms with E-state index in [1.807, 2.05) is 13.0 Å². The van der Waals surface area contributed by atoms with Gasteiger partial charge in [-0.15, -0.1) is 0 Å². The van der Waals surface area contributed by atoms with Crippen molar-refractivity contribution in [2.24, 2.45) is 0 Å². The smallest absolute Gasteiger partial charge is 0.0992 e. The molecule has 2 aromatic rings. The van der Waals surface area contributed by atoms with Crippen LogP contribution >= 0.6 is 23.2 Å². The Bertz CT molecular complexity index is 695. The number of aliphatic hydroxyl groups excluding tert-OH is 1. The lowest BCUT2D eigenvalue weighted by atomic mass is 10.1. The third kappa shape index (κ3) is 3.89. The molecule has 0 aromatic heterocycles. The Labute approximate surface area is 133 Å². The number of anilines is 1. The number of rotatable bonds is 4. The second kappa shape index (κ2) is 6.82. The highest BCUT2D eigenvalue weighted by Crippen LogP contribution is 2.27. The average Bonchev–Trinajstić information content (AvgIpc) is 2.48. The van der Waals surface area contributed by atoms with Crippen molar-refractivity contribution in [3.8, 4) is 6.07 Å². The zero-order valence-corrected chi connectivity index (χ0v) is 12.9. The highest BCUT2D eigenvalue weighted by molar-refractivity contribution is 6.33. The van der Waals surface area contributed by atoms with Crippen LogP contribution in [0.3, 0.4) is 0 Å². The van der Waals surface area contributed by atoms with Crippen molar-refractivity contribution >= 4 is 28.9 Å². The van der Waals surface area contributed by atoms with E-state index in [9.17, 15) is 5.11 Å². The van der Waals surface area contributed by atoms with Crippen LogP contribution in [0.4, 0.5) is 5.69 Å². The molecular weight excluding hydrogens is 307 g/mol. The van der Waals surface area contributed by atoms with E-state index in [4.69, 9.17) is 28.5 Å². The molecular formula is C16H14Cl2N2O. The number of aliphatic hydroxyl groups is 1. The fourth-order valence-corrected chi connectivity index (χ4v) is 2.39. The fourth-order valence-electron chi connectivity index (χ4n) is 1.97. The van der Waals surface area contributed by atoms with Gasteiger partial charge in [-0.3, -0.25) is 0 Å². The van der Waals surface area contributed by atoms with Crippen molar-refractivity contribution in [3.05, 3.63) is 63.1 Å². The van der Waals surface area contributed by atoms with Gasteiger partial charge in [-0.05, 0) is 42.8 Å². The summed E-state index contributed by atoms with van der Waals surface area (Å²) >= 11 is 12.0. The van der Waals surface area contributed by atoms with Crippen molar-refractivity contribution in [2.75, 3.05) is 11.9 Å². The molecule has 2 aromatic carbocycles. The molecule has 0 heterocycles. The summed E-state index contributed by atoms with van der Waals surface area (Å²) in [6.45, 7) is 2.21. The molecule has 0 fully saturated rings. The van der Waals surface area contributed by atoms with E-state index in [1.165, 1.54) is 0 Å². The second-order valence-corrected chi connectivity index (χ2v) is 5.55. The maximum absolute atomic E-state index is 10.2. The number of hydrogen-bond acceptors (Lipinski definition) is 3. The highest BCUT2D eigenvalue weighted by atomic mass is 35.5. The molecule has 5 heteroatoms. The topological polar surface area (TPSA) is 56.0 Å². The zero-order valence-electron chi connectivity index (χ0n) is 11.4. The number of hydrogen-bond donors (Lipinski definition) is 2. The summed E-state index contributed by atoms with van der Waals surface area (Å²) in [5.74, 6) is 0. The monoisotopic (exact) mass is 320 g/mol. The van der Waals surface area contributed by atoms with E-state index >= 15 is 0 Å². The first-order valence-electron chi connectivity index (χ1n) is 6.39. The Morgan fingerprint density at radius 2 is 2.00 bits per heavy atom. The van der Waals surface area contributed by atoms with Gasteiger partial charge >= 0.3 is 0 Å². The molecule has 3 nitrogen and oxygen atoms in total. The number of nitriles is 1. The van der Waals surface area contributed by atoms with Gasteiger partial charge in [0.25, 0.3) is 0 Å². The summed E-state index contributed by atoms with van der Waals surface area (Å²) in [5, 5.41) is 23.3. The van der Waals surface area contributed by atoms with Crippen molar-refractivity contribution in [2.45, 2.75) is 13.0 Å². The molecule has 0 aliphatic carbocycles. The molecule has 2 N–H and O–H groups in total. The quantitative estimate of drug-likeness (QED) is 0.882. The number of aryl methyl sites for hydroxylation is 1. The predicted molar refractivity (Wildman–Crippen MR) is 85.8 cm³/mol. The summed E-state index contributed by atoms with van der Waals surface area (Å²) in [4.78, 5) is 0. The predicted octanol–water partition coefficient (Wildman–Crippen LogP) is 4.32. The number of halogens is 2. The minimum absolute atomic E-state index is 0.274. The van der Waals surface area contributed by atoms with Crippen LogP contribution in [0.15, 0.2) is 36.4 Å². The minimum atomic E-state index is -0.790. The second-order valence-electron chi connectivity index (χ2n) is 4.70. The summed E-state index contributed by atoms with van der Waals surface area (Å²) in [6, 6.07) is 12.4. The minimum Gasteiger partial charge on any atom is -0.387 e. The fraction of sp³-hybridized carbons (Fsp3) is 0.188. The Balaban J connectivity index is 2.13. The Morgan fingerprint density at radius 1 is 1.24 bits per heavy atom. The van der Waals surface area contributed by atoms with Crippen LogP contribution in [0, 0.1) is 18.3 Å². The van der Waals surface area contributed by atoms with Gasteiger partial charge < -0.3 is 10.4 Å². The van der Waals surface area contributed by atoms with Gasteiger partial charge in [0.15, 0.2) is 0 Å². The lowest BCUT2D eigenvalue weighted by Crippen LogP contribution is -2.13. The van der Waals surface area contributed by atoms with Crippen molar-refractivity contribution in [1.82, 2.24) is 0 Å². The molecule has 0 radical (unpaired) electrons. The summed E-state index contributed by atoms with van der Waals surface area (Å²) in [7, 11) is 0. The molecule has 0 aliphatic rings. The lowest BCUT2D eigenvalue weighted by molar-refractivity contribution is 0.191. The molecule has 0 saturated heterocycles. The van der Waals surface area contributed by atoms with Crippen LogP contribution in [0.2, 0.25) is 10.0 Å². The first-order chi connectivity index (χ1) is 10.0. The maximum atomic E-state index is 10.2. The van der Waals surface area contributed by atoms with Crippen LogP contribution in [0.25, 0.3) is 0 Å². The van der Waals surface area contributed by atoms with Gasteiger partial charge in [0.2, 0.25) is 0 Å². The van der Waals surface area contributed by atoms with Gasteiger partial charge in [-0.25, -0.2) is 0 Å². The lowest BCUT2D eigenvalue weighted by Gasteiger charge is -2.16. The SMILES string of the molecule is Cc1ccc(C#N)cc1NCC(O)c1cc(Cl)ccc1Cl. The molecule has 0 saturated carbocycles. The Morgan fingerprint density at radius 3 is 2.71 bits per heavy atom. The maximum Gasteiger partial charge on any atom is 0.0992 e. The van der Waals surface area contributed by atoms with Crippen LogP contribution in [0.1, 0.15) is 22.8 Å². The Hall–Kier alpha value is -1.73. The molecule has 108 valence electrons. The third-order valence-electron chi connectivity index (χ3n) is 3.17. The van der Waals surface area contributed by atoms with Crippen LogP contribution in [-0.4, -0.2) is 11.7 Å². The molecule has 0 bridgehead atoms. The number of benzene rings is 2. The van der Waals surface area contributed by atoms with Gasteiger partial charge in [0.1, 0.15) is 0 Å². The largest absolute Gasteiger partial charge is 0.387 e. The van der Waals surface area contributed by atoms with E-state index in [2.05, 4.69) is 11.4 Å². The summed E-state index contributed by atoms with van der Waals surface area (Å²) in [5.41, 5.74) is 2.95. The first-order valence-corrected chi connectivity index (χ1v) is 7.14. The standard InChI is InChI=1S/C16H14Cl2N2O/c1-10-2-3-11(8-19)6-15(10)20-9-16(21)13-7-12(17)4-5-14(13)18/h2-7,16,20-21H,9H2,1H3. The van der Waals surface area contributed by atoms with Crippen LogP contribution in [0.5, 0.6) is 0 Å². The van der Waals surface area contributed by atoms with Gasteiger partial charge in [-0.1, -0.05) is 29.3 Å². The van der Waals surface area contributed by atoms with Gasteiger partial charge in [0, 0.05) is 27.8 Å². The molecule has 21 heavy (non-hydrogen) atoms. The molecule has 1 atom stereocenters. The van der Waals surface area contributed by atoms with Gasteiger partial charge in [0.05, 0.1) is 17.7 Å². The highest BCUT2D eigenvalue weighted by Gasteiger charge is 2.12. The zero-order chi connectivity index (χ0) is 15.4. The van der Waals surface area contributed by atoms with Crippen molar-refractivity contribution in [3.63, 3.8) is 0 Å². The van der Waals surface area contributed by atoms with Crippen molar-refractivity contribution < 1.29 is 5.11 Å². The summed E-state index contributed by atoms with van der Waals surface area (Å²) < 4.78 is 0. The van der Waals surface area contributed by atoms with E-state index in [1.54, 1.807) is 30.3 Å². The Kier molecular flexibility index (Phi) is 5.08. The molecule has 0 aliphatic heterocycles. The normalized spacial score (nSPS) is 11.8. The van der Waals surface area contributed by atoms with E-state index in [-0.39, 0.29) is 6.54 Å². The molecule has 0 spiro atoms. The van der Waals surface area contributed by atoms with Crippen LogP contribution in [-0.2, 0) is 0 Å². The first kappa shape index (κ1) is 15.7. The van der Waals surface area contributed by atoms with E-state index < -0.39 is 6.10 Å². The number of nitrogens with one attached hydrogen (secondary N) is 1. The molecule has 1 unspecified atom stereocenters. The van der Waals surface area contributed by atoms with E-state index in [0.29, 0.717) is 21.2 Å².